The topological polar surface area (TPSA) is 192 Å². The number of carbonyl (C=O) groups is 6. The number of hydrogen-bond donors (Lipinski definition) is 6. The van der Waals surface area contributed by atoms with E-state index < -0.39 is 72.8 Å². The van der Waals surface area contributed by atoms with Gasteiger partial charge in [0.25, 0.3) is 5.91 Å². The highest BCUT2D eigenvalue weighted by Gasteiger charge is 2.31. The third-order valence-corrected chi connectivity index (χ3v) is 9.44. The van der Waals surface area contributed by atoms with Crippen LogP contribution in [-0.2, 0) is 54.5 Å². The molecule has 0 unspecified atom stereocenters. The van der Waals surface area contributed by atoms with Crippen LogP contribution in [0.3, 0.4) is 0 Å². The zero-order valence-corrected chi connectivity index (χ0v) is 29.6. The Bertz CT molecular complexity index is 1860. The second-order valence-corrected chi connectivity index (χ2v) is 13.6. The molecule has 3 heterocycles. The Kier molecular flexibility index (Phi) is 13.7. The van der Waals surface area contributed by atoms with E-state index in [-0.39, 0.29) is 25.7 Å². The molecule has 0 saturated carbocycles. The third-order valence-electron chi connectivity index (χ3n) is 8.54. The van der Waals surface area contributed by atoms with Gasteiger partial charge in [-0.05, 0) is 53.1 Å². The molecule has 6 N–H and O–H groups in total. The molecule has 6 rings (SSSR count). The molecular weight excluding hydrogens is 699 g/mol. The minimum Gasteiger partial charge on any atom is -0.484 e. The average Bonchev–Trinajstić information content (AvgIpc) is 3.68. The number of amides is 5. The van der Waals surface area contributed by atoms with Crippen molar-refractivity contribution in [3.63, 3.8) is 0 Å². The van der Waals surface area contributed by atoms with E-state index in [1.165, 1.54) is 11.3 Å². The maximum absolute atomic E-state index is 14.0. The second-order valence-electron chi connectivity index (χ2n) is 12.6. The van der Waals surface area contributed by atoms with Gasteiger partial charge in [0.15, 0.2) is 6.61 Å². The number of benzene rings is 3. The second kappa shape index (κ2) is 19.0. The van der Waals surface area contributed by atoms with E-state index in [1.807, 2.05) is 47.8 Å². The van der Waals surface area contributed by atoms with Crippen molar-refractivity contribution in [2.24, 2.45) is 0 Å². The summed E-state index contributed by atoms with van der Waals surface area (Å²) in [6, 6.07) is 23.7. The summed E-state index contributed by atoms with van der Waals surface area (Å²) in [7, 11) is 0. The lowest BCUT2D eigenvalue weighted by Gasteiger charge is -2.25. The first-order valence-corrected chi connectivity index (χ1v) is 18.0. The first kappa shape index (κ1) is 38.2. The Hall–Kier alpha value is -6.02. The zero-order chi connectivity index (χ0) is 37.6. The number of rotatable bonds is 10. The van der Waals surface area contributed by atoms with Crippen LogP contribution in [0.25, 0.3) is 0 Å². The fourth-order valence-electron chi connectivity index (χ4n) is 5.75. The molecule has 53 heavy (non-hydrogen) atoms. The lowest BCUT2D eigenvalue weighted by molar-refractivity contribution is -0.142. The van der Waals surface area contributed by atoms with Crippen molar-refractivity contribution in [2.45, 2.75) is 56.3 Å². The molecule has 0 aliphatic carbocycles. The van der Waals surface area contributed by atoms with Gasteiger partial charge in [0.1, 0.15) is 29.9 Å². The minimum atomic E-state index is -1.29. The van der Waals surface area contributed by atoms with Crippen molar-refractivity contribution in [1.29, 1.82) is 0 Å². The molecule has 2 aliphatic rings. The average molecular weight is 740 g/mol. The number of carboxylic acids is 1. The Morgan fingerprint density at radius 1 is 0.792 bits per heavy atom. The molecule has 2 aliphatic heterocycles. The number of carbonyl (C=O) groups excluding carboxylic acids is 5. The van der Waals surface area contributed by atoms with Crippen molar-refractivity contribution in [3.05, 3.63) is 124 Å². The normalized spacial score (nSPS) is 19.1. The maximum Gasteiger partial charge on any atom is 0.326 e. The molecule has 3 aromatic carbocycles. The molecule has 5 amide bonds. The van der Waals surface area contributed by atoms with Crippen LogP contribution in [0, 0.1) is 0 Å². The molecule has 0 spiro atoms. The minimum absolute atomic E-state index is 0.0118. The van der Waals surface area contributed by atoms with Gasteiger partial charge in [0.05, 0.1) is 6.54 Å². The fraction of sp³-hybridized carbons (Fsp3) is 0.282. The van der Waals surface area contributed by atoms with Crippen LogP contribution < -0.4 is 31.3 Å². The molecule has 276 valence electrons. The van der Waals surface area contributed by atoms with E-state index in [4.69, 9.17) is 4.74 Å². The first-order valence-electron chi connectivity index (χ1n) is 17.1. The molecule has 14 heteroatoms. The number of fused-ring (bicyclic) bond motifs is 16. The zero-order valence-electron chi connectivity index (χ0n) is 28.8. The van der Waals surface area contributed by atoms with Gasteiger partial charge in [-0.1, -0.05) is 78.9 Å². The predicted molar refractivity (Wildman–Crippen MR) is 197 cm³/mol. The molecule has 1 aromatic heterocycles. The van der Waals surface area contributed by atoms with Crippen molar-refractivity contribution in [3.8, 4) is 5.75 Å². The van der Waals surface area contributed by atoms with Crippen LogP contribution in [0.5, 0.6) is 5.75 Å². The lowest BCUT2D eigenvalue weighted by Crippen LogP contribution is -2.57. The Morgan fingerprint density at radius 3 is 2.13 bits per heavy atom. The van der Waals surface area contributed by atoms with Crippen LogP contribution in [-0.4, -0.2) is 77.9 Å². The maximum atomic E-state index is 14.0. The summed E-state index contributed by atoms with van der Waals surface area (Å²) in [5, 5.41) is 25.1. The van der Waals surface area contributed by atoms with Crippen molar-refractivity contribution in [1.82, 2.24) is 26.6 Å². The van der Waals surface area contributed by atoms with Gasteiger partial charge in [-0.15, -0.1) is 11.3 Å². The number of carboxylic acid groups (broad SMARTS) is 1. The Labute approximate surface area is 310 Å². The Morgan fingerprint density at radius 2 is 1.47 bits per heavy atom. The third kappa shape index (κ3) is 12.0. The monoisotopic (exact) mass is 739 g/mol. The van der Waals surface area contributed by atoms with Gasteiger partial charge in [0, 0.05) is 24.1 Å². The number of thiophene rings is 1. The molecule has 2 bridgehead atoms. The van der Waals surface area contributed by atoms with E-state index >= 15 is 0 Å². The van der Waals surface area contributed by atoms with Gasteiger partial charge in [-0.3, -0.25) is 24.0 Å². The molecular formula is C39H41N5O8S. The van der Waals surface area contributed by atoms with Gasteiger partial charge in [-0.2, -0.15) is 0 Å². The van der Waals surface area contributed by atoms with E-state index in [1.54, 1.807) is 54.6 Å². The summed E-state index contributed by atoms with van der Waals surface area (Å²) in [5.41, 5.74) is 2.21. The van der Waals surface area contributed by atoms with Crippen LogP contribution in [0.15, 0.2) is 102 Å². The molecule has 4 aromatic rings. The largest absolute Gasteiger partial charge is 0.484 e. The fourth-order valence-corrected chi connectivity index (χ4v) is 6.50. The van der Waals surface area contributed by atoms with Gasteiger partial charge in [0.2, 0.25) is 23.6 Å². The van der Waals surface area contributed by atoms with E-state index in [0.717, 1.165) is 10.4 Å². The molecule has 0 saturated heterocycles. The summed E-state index contributed by atoms with van der Waals surface area (Å²) < 4.78 is 5.66. The molecule has 0 fully saturated rings. The van der Waals surface area contributed by atoms with Gasteiger partial charge >= 0.3 is 5.97 Å². The summed E-state index contributed by atoms with van der Waals surface area (Å²) in [5.74, 6) is -4.13. The van der Waals surface area contributed by atoms with E-state index in [9.17, 15) is 33.9 Å². The highest BCUT2D eigenvalue weighted by Crippen LogP contribution is 2.16. The van der Waals surface area contributed by atoms with E-state index in [0.29, 0.717) is 23.3 Å². The van der Waals surface area contributed by atoms with Crippen LogP contribution in [0.1, 0.15) is 28.0 Å². The lowest BCUT2D eigenvalue weighted by atomic mass is 10.0. The van der Waals surface area contributed by atoms with Crippen LogP contribution >= 0.6 is 11.3 Å². The van der Waals surface area contributed by atoms with Crippen LogP contribution in [0.2, 0.25) is 0 Å². The number of ether oxygens (including phenoxy) is 1. The Balaban J connectivity index is 1.40. The smallest absolute Gasteiger partial charge is 0.326 e. The van der Waals surface area contributed by atoms with Crippen molar-refractivity contribution >= 4 is 46.8 Å². The standard InChI is InChI=1S/C39H41N5O8S/c45-34-23-40-36(47)32(22-29-12-7-19-53-29)42-35(46)24-52-28-16-13-27(14-17-28)20-31(38(49)44-33(39(50)51)21-26-10-5-2-6-11-26)43-37(48)30(41-34)18-15-25-8-3-1-4-9-25/h1-14,16-17,19,30-33H,15,18,20-24H2,(H,40,47)(H,41,45)(H,42,46)(H,43,48)(H,44,49)(H,50,51)/t30-,31+,32-,33-/m1/s1. The van der Waals surface area contributed by atoms with Crippen LogP contribution in [0.4, 0.5) is 0 Å². The number of nitrogens with one attached hydrogen (secondary N) is 5. The molecule has 13 nitrogen and oxygen atoms in total. The predicted octanol–water partition coefficient (Wildman–Crippen LogP) is 1.94. The van der Waals surface area contributed by atoms with Gasteiger partial charge in [-0.25, -0.2) is 4.79 Å². The molecule has 0 radical (unpaired) electrons. The SMILES string of the molecule is O=C1COc2ccc(cc2)C[C@@H](C(=O)N[C@H](Cc2ccccc2)C(=O)O)NC(=O)[C@@H](CCc2ccccc2)NC(=O)CNC(=O)[C@@H](Cc2cccs2)N1. The number of aliphatic carboxylic acids is 1. The summed E-state index contributed by atoms with van der Waals surface area (Å²) in [4.78, 5) is 80.3. The van der Waals surface area contributed by atoms with Crippen molar-refractivity contribution < 1.29 is 38.6 Å². The number of hydrogen-bond acceptors (Lipinski definition) is 8. The number of aryl methyl sites for hydroxylation is 1. The first-order chi connectivity index (χ1) is 25.6. The highest BCUT2D eigenvalue weighted by molar-refractivity contribution is 7.09. The molecule has 4 atom stereocenters. The quantitative estimate of drug-likeness (QED) is 0.133. The summed E-state index contributed by atoms with van der Waals surface area (Å²) in [6.45, 7) is -0.884. The van der Waals surface area contributed by atoms with E-state index in [2.05, 4.69) is 26.6 Å². The summed E-state index contributed by atoms with van der Waals surface area (Å²) >= 11 is 1.42. The summed E-state index contributed by atoms with van der Waals surface area (Å²) in [6.07, 6.45) is 0.717. The van der Waals surface area contributed by atoms with Crippen molar-refractivity contribution in [2.75, 3.05) is 13.2 Å². The van der Waals surface area contributed by atoms with Gasteiger partial charge < -0.3 is 36.4 Å². The highest BCUT2D eigenvalue weighted by atomic mass is 32.1.